The molecule has 1 aliphatic rings. The zero-order valence-electron chi connectivity index (χ0n) is 15.1. The largest absolute Gasteiger partial charge is 0.337 e. The number of likely N-dealkylation sites (tertiary alicyclic amines) is 1. The van der Waals surface area contributed by atoms with Crippen molar-refractivity contribution in [3.63, 3.8) is 0 Å². The van der Waals surface area contributed by atoms with Crippen molar-refractivity contribution in [3.8, 4) is 0 Å². The molecular weight excluding hydrogens is 387 g/mol. The second kappa shape index (κ2) is 8.79. The van der Waals surface area contributed by atoms with Crippen molar-refractivity contribution in [2.24, 2.45) is 0 Å². The highest BCUT2D eigenvalue weighted by atomic mass is 32.2. The van der Waals surface area contributed by atoms with Crippen LogP contribution in [0.25, 0.3) is 0 Å². The van der Waals surface area contributed by atoms with Gasteiger partial charge in [0.25, 0.3) is 5.91 Å². The average molecular weight is 409 g/mol. The number of benzene rings is 1. The van der Waals surface area contributed by atoms with Gasteiger partial charge in [-0.2, -0.15) is 0 Å². The fourth-order valence-corrected chi connectivity index (χ4v) is 4.84. The molecule has 0 bridgehead atoms. The van der Waals surface area contributed by atoms with Crippen LogP contribution < -0.4 is 5.32 Å². The van der Waals surface area contributed by atoms with E-state index >= 15 is 0 Å². The number of hydrogen-bond donors (Lipinski definition) is 1. The molecule has 0 saturated carbocycles. The summed E-state index contributed by atoms with van der Waals surface area (Å²) in [5.41, 5.74) is 0.211. The summed E-state index contributed by atoms with van der Waals surface area (Å²) in [4.78, 5) is 26.6. The second-order valence-electron chi connectivity index (χ2n) is 6.56. The van der Waals surface area contributed by atoms with Gasteiger partial charge in [-0.25, -0.2) is 4.39 Å². The number of rotatable bonds is 5. The van der Waals surface area contributed by atoms with Crippen molar-refractivity contribution in [1.82, 2.24) is 15.1 Å². The Hall–Kier alpha value is -2.00. The molecule has 1 saturated heterocycles. The lowest BCUT2D eigenvalue weighted by Crippen LogP contribution is -2.48. The van der Waals surface area contributed by atoms with E-state index in [4.69, 9.17) is 0 Å². The summed E-state index contributed by atoms with van der Waals surface area (Å²) in [6, 6.07) is 5.95. The van der Waals surface area contributed by atoms with Gasteiger partial charge < -0.3 is 4.90 Å². The number of thioether (sulfide) groups is 1. The lowest BCUT2D eigenvalue weighted by Gasteiger charge is -2.39. The predicted molar refractivity (Wildman–Crippen MR) is 105 cm³/mol. The Kier molecular flexibility index (Phi) is 6.43. The van der Waals surface area contributed by atoms with Gasteiger partial charge in [-0.15, -0.1) is 10.2 Å². The Bertz CT molecular complexity index is 819. The molecule has 2 aromatic rings. The number of nitrogens with one attached hydrogen (secondary N) is 1. The standard InChI is InChI=1S/C18H21FN4O2S2/c1-11-5-3-6-12(2)23(11)15(24)10-26-18-22-21-17(27-18)20-16(25)13-7-4-8-14(19)9-13/h4,7-9,11-12H,3,5-6,10H2,1-2H3,(H,20,21,25). The first-order valence-electron chi connectivity index (χ1n) is 8.78. The van der Waals surface area contributed by atoms with Crippen LogP contribution in [0, 0.1) is 5.82 Å². The molecule has 2 atom stereocenters. The fraction of sp³-hybridized carbons (Fsp3) is 0.444. The summed E-state index contributed by atoms with van der Waals surface area (Å²) in [5.74, 6) is -0.536. The highest BCUT2D eigenvalue weighted by molar-refractivity contribution is 8.01. The van der Waals surface area contributed by atoms with E-state index < -0.39 is 11.7 Å². The van der Waals surface area contributed by atoms with Gasteiger partial charge in [0.15, 0.2) is 4.34 Å². The van der Waals surface area contributed by atoms with E-state index in [2.05, 4.69) is 29.4 Å². The topological polar surface area (TPSA) is 75.2 Å². The lowest BCUT2D eigenvalue weighted by atomic mass is 9.98. The van der Waals surface area contributed by atoms with E-state index in [1.54, 1.807) is 0 Å². The Morgan fingerprint density at radius 2 is 2.04 bits per heavy atom. The molecular formula is C18H21FN4O2S2. The molecule has 1 aromatic heterocycles. The van der Waals surface area contributed by atoms with Crippen LogP contribution >= 0.6 is 23.1 Å². The van der Waals surface area contributed by atoms with Gasteiger partial charge in [0, 0.05) is 17.6 Å². The normalized spacial score (nSPS) is 19.7. The molecule has 1 aromatic carbocycles. The van der Waals surface area contributed by atoms with Gasteiger partial charge in [-0.1, -0.05) is 29.2 Å². The number of amides is 2. The van der Waals surface area contributed by atoms with E-state index in [1.807, 2.05) is 4.90 Å². The highest BCUT2D eigenvalue weighted by Crippen LogP contribution is 2.28. The first-order valence-corrected chi connectivity index (χ1v) is 10.6. The maximum Gasteiger partial charge on any atom is 0.257 e. The SMILES string of the molecule is CC1CCCC(C)N1C(=O)CSc1nnc(NC(=O)c2cccc(F)c2)s1. The van der Waals surface area contributed by atoms with Gasteiger partial charge in [-0.3, -0.25) is 14.9 Å². The summed E-state index contributed by atoms with van der Waals surface area (Å²) < 4.78 is 13.8. The van der Waals surface area contributed by atoms with E-state index in [0.29, 0.717) is 15.2 Å². The van der Waals surface area contributed by atoms with Crippen LogP contribution in [0.4, 0.5) is 9.52 Å². The number of piperidine rings is 1. The van der Waals surface area contributed by atoms with Crippen molar-refractivity contribution in [2.75, 3.05) is 11.1 Å². The summed E-state index contributed by atoms with van der Waals surface area (Å²) in [7, 11) is 0. The lowest BCUT2D eigenvalue weighted by molar-refractivity contribution is -0.134. The number of aromatic nitrogens is 2. The molecule has 3 rings (SSSR count). The minimum Gasteiger partial charge on any atom is -0.337 e. The first kappa shape index (κ1) is 19.8. The summed E-state index contributed by atoms with van der Waals surface area (Å²) in [5, 5.41) is 10.8. The van der Waals surface area contributed by atoms with Gasteiger partial charge in [0.05, 0.1) is 5.75 Å². The molecule has 2 amide bonds. The molecule has 6 nitrogen and oxygen atoms in total. The van der Waals surface area contributed by atoms with Gasteiger partial charge in [0.2, 0.25) is 11.0 Å². The zero-order chi connectivity index (χ0) is 19.4. The third kappa shape index (κ3) is 5.04. The minimum atomic E-state index is -0.476. The number of halogens is 1. The van der Waals surface area contributed by atoms with Crippen LogP contribution in [0.5, 0.6) is 0 Å². The molecule has 9 heteroatoms. The Morgan fingerprint density at radius 3 is 2.74 bits per heavy atom. The van der Waals surface area contributed by atoms with Crippen LogP contribution in [0.1, 0.15) is 43.5 Å². The molecule has 0 spiro atoms. The highest BCUT2D eigenvalue weighted by Gasteiger charge is 2.28. The molecule has 27 heavy (non-hydrogen) atoms. The third-order valence-electron chi connectivity index (χ3n) is 4.51. The van der Waals surface area contributed by atoms with Crippen LogP contribution in [-0.4, -0.2) is 44.7 Å². The Morgan fingerprint density at radius 1 is 1.30 bits per heavy atom. The average Bonchev–Trinajstić information content (AvgIpc) is 3.07. The van der Waals surface area contributed by atoms with E-state index in [-0.39, 0.29) is 23.6 Å². The maximum atomic E-state index is 13.2. The summed E-state index contributed by atoms with van der Waals surface area (Å²) >= 11 is 2.51. The van der Waals surface area contributed by atoms with E-state index in [9.17, 15) is 14.0 Å². The van der Waals surface area contributed by atoms with E-state index in [0.717, 1.165) is 25.3 Å². The molecule has 0 aliphatic carbocycles. The monoisotopic (exact) mass is 408 g/mol. The predicted octanol–water partition coefficient (Wildman–Crippen LogP) is 3.81. The van der Waals surface area contributed by atoms with Gasteiger partial charge >= 0.3 is 0 Å². The number of anilines is 1. The third-order valence-corrected chi connectivity index (χ3v) is 6.47. The summed E-state index contributed by atoms with van der Waals surface area (Å²) in [6.45, 7) is 4.17. The van der Waals surface area contributed by atoms with E-state index in [1.165, 1.54) is 41.3 Å². The molecule has 1 aliphatic heterocycles. The Balaban J connectivity index is 1.55. The van der Waals surface area contributed by atoms with Gasteiger partial charge in [0.1, 0.15) is 5.82 Å². The molecule has 1 N–H and O–H groups in total. The van der Waals surface area contributed by atoms with Crippen LogP contribution in [-0.2, 0) is 4.79 Å². The summed E-state index contributed by atoms with van der Waals surface area (Å²) in [6.07, 6.45) is 3.23. The number of carbonyl (C=O) groups is 2. The van der Waals surface area contributed by atoms with Crippen molar-refractivity contribution < 1.29 is 14.0 Å². The van der Waals surface area contributed by atoms with Crippen LogP contribution in [0.3, 0.4) is 0 Å². The van der Waals surface area contributed by atoms with Crippen LogP contribution in [0.15, 0.2) is 28.6 Å². The zero-order valence-corrected chi connectivity index (χ0v) is 16.8. The second-order valence-corrected chi connectivity index (χ2v) is 8.76. The number of nitrogens with zero attached hydrogens (tertiary/aromatic N) is 3. The molecule has 144 valence electrons. The van der Waals surface area contributed by atoms with Crippen molar-refractivity contribution in [3.05, 3.63) is 35.6 Å². The minimum absolute atomic E-state index is 0.0975. The first-order chi connectivity index (χ1) is 12.9. The quantitative estimate of drug-likeness (QED) is 0.601. The van der Waals surface area contributed by atoms with Crippen molar-refractivity contribution >= 4 is 40.0 Å². The smallest absolute Gasteiger partial charge is 0.257 e. The maximum absolute atomic E-state index is 13.2. The molecule has 0 radical (unpaired) electrons. The van der Waals surface area contributed by atoms with Crippen molar-refractivity contribution in [2.45, 2.75) is 49.5 Å². The molecule has 2 unspecified atom stereocenters. The van der Waals surface area contributed by atoms with Gasteiger partial charge in [-0.05, 0) is 51.3 Å². The van der Waals surface area contributed by atoms with Crippen LogP contribution in [0.2, 0.25) is 0 Å². The number of carbonyl (C=O) groups excluding carboxylic acids is 2. The van der Waals surface area contributed by atoms with Crippen molar-refractivity contribution in [1.29, 1.82) is 0 Å². The fourth-order valence-electron chi connectivity index (χ4n) is 3.23. The molecule has 2 heterocycles. The Labute approximate surface area is 165 Å². The molecule has 1 fully saturated rings. The number of hydrogen-bond acceptors (Lipinski definition) is 6.